The maximum absolute atomic E-state index is 5.88. The van der Waals surface area contributed by atoms with E-state index in [0.29, 0.717) is 11.0 Å². The second-order valence-electron chi connectivity index (χ2n) is 5.53. The number of rotatable bonds is 3. The van der Waals surface area contributed by atoms with E-state index in [1.54, 1.807) is 0 Å². The van der Waals surface area contributed by atoms with Gasteiger partial charge in [0.2, 0.25) is 0 Å². The fourth-order valence-electron chi connectivity index (χ4n) is 3.00. The third-order valence-electron chi connectivity index (χ3n) is 4.07. The Hall–Kier alpha value is -0.610. The van der Waals surface area contributed by atoms with Crippen LogP contribution in [0.5, 0.6) is 0 Å². The van der Waals surface area contributed by atoms with Crippen LogP contribution in [0.3, 0.4) is 0 Å². The summed E-state index contributed by atoms with van der Waals surface area (Å²) >= 11 is 8.76. The van der Waals surface area contributed by atoms with Gasteiger partial charge in [-0.05, 0) is 46.8 Å². The molecule has 1 aliphatic rings. The molecular weight excluding hydrogens is 320 g/mol. The van der Waals surface area contributed by atoms with Crippen molar-refractivity contribution in [2.45, 2.75) is 38.6 Å². The highest BCUT2D eigenvalue weighted by molar-refractivity contribution is 9.10. The molecule has 0 saturated heterocycles. The zero-order chi connectivity index (χ0) is 14.0. The first kappa shape index (κ1) is 14.8. The lowest BCUT2D eigenvalue weighted by molar-refractivity contribution is 0.336. The molecule has 0 bridgehead atoms. The van der Waals surface area contributed by atoms with Crippen molar-refractivity contribution in [3.05, 3.63) is 28.2 Å². The Morgan fingerprint density at radius 1 is 1.42 bits per heavy atom. The summed E-state index contributed by atoms with van der Waals surface area (Å²) in [6.45, 7) is 2.34. The van der Waals surface area contributed by atoms with Gasteiger partial charge in [-0.15, -0.1) is 0 Å². The van der Waals surface area contributed by atoms with Crippen LogP contribution in [0.15, 0.2) is 22.7 Å². The zero-order valence-electron chi connectivity index (χ0n) is 11.5. The smallest absolute Gasteiger partial charge is 0.107 e. The molecule has 2 nitrogen and oxygen atoms in total. The Morgan fingerprint density at radius 3 is 2.79 bits per heavy atom. The van der Waals surface area contributed by atoms with E-state index in [0.717, 1.165) is 21.6 Å². The molecule has 1 aliphatic carbocycles. The summed E-state index contributed by atoms with van der Waals surface area (Å²) in [5, 5.41) is 0. The van der Waals surface area contributed by atoms with Gasteiger partial charge in [-0.25, -0.2) is 0 Å². The predicted octanol–water partition coefficient (Wildman–Crippen LogP) is 4.10. The van der Waals surface area contributed by atoms with Gasteiger partial charge in [-0.2, -0.15) is 0 Å². The third-order valence-corrected chi connectivity index (χ3v) is 4.94. The van der Waals surface area contributed by atoms with Gasteiger partial charge in [0.15, 0.2) is 0 Å². The average molecular weight is 341 g/mol. The fourth-order valence-corrected chi connectivity index (χ4v) is 3.92. The normalized spacial score (nSPS) is 23.1. The van der Waals surface area contributed by atoms with Crippen molar-refractivity contribution in [3.63, 3.8) is 0 Å². The quantitative estimate of drug-likeness (QED) is 0.840. The minimum atomic E-state index is 0.457. The molecule has 1 saturated carbocycles. The second kappa shape index (κ2) is 6.23. The van der Waals surface area contributed by atoms with Gasteiger partial charge in [-0.3, -0.25) is 0 Å². The molecule has 0 spiro atoms. The van der Waals surface area contributed by atoms with Gasteiger partial charge >= 0.3 is 0 Å². The van der Waals surface area contributed by atoms with Crippen LogP contribution in [0.2, 0.25) is 0 Å². The molecule has 2 unspecified atom stereocenters. The molecule has 0 aromatic heterocycles. The van der Waals surface area contributed by atoms with Crippen molar-refractivity contribution >= 4 is 38.8 Å². The molecule has 0 aliphatic heterocycles. The highest BCUT2D eigenvalue weighted by atomic mass is 79.9. The lowest BCUT2D eigenvalue weighted by atomic mass is 9.86. The van der Waals surface area contributed by atoms with Crippen LogP contribution in [0.25, 0.3) is 0 Å². The summed E-state index contributed by atoms with van der Waals surface area (Å²) in [7, 11) is 2.16. The van der Waals surface area contributed by atoms with E-state index in [-0.39, 0.29) is 0 Å². The number of nitrogens with two attached hydrogens (primary N) is 1. The van der Waals surface area contributed by atoms with Crippen LogP contribution in [0.1, 0.15) is 38.2 Å². The molecule has 1 aromatic carbocycles. The van der Waals surface area contributed by atoms with Gasteiger partial charge in [0.25, 0.3) is 0 Å². The lowest BCUT2D eigenvalue weighted by Crippen LogP contribution is -2.36. The molecule has 4 heteroatoms. The summed E-state index contributed by atoms with van der Waals surface area (Å²) in [5.41, 5.74) is 7.98. The van der Waals surface area contributed by atoms with Crippen LogP contribution in [0.4, 0.5) is 5.69 Å². The SMILES string of the molecule is CC1CCCC(N(C)c2cccc(Br)c2C(N)=S)C1. The summed E-state index contributed by atoms with van der Waals surface area (Å²) in [6.07, 6.45) is 5.17. The van der Waals surface area contributed by atoms with Gasteiger partial charge in [0.05, 0.1) is 0 Å². The zero-order valence-corrected chi connectivity index (χ0v) is 13.9. The highest BCUT2D eigenvalue weighted by Gasteiger charge is 2.24. The van der Waals surface area contributed by atoms with Gasteiger partial charge in [0.1, 0.15) is 4.99 Å². The maximum atomic E-state index is 5.88. The summed E-state index contributed by atoms with van der Waals surface area (Å²) in [6, 6.07) is 6.74. The maximum Gasteiger partial charge on any atom is 0.107 e. The van der Waals surface area contributed by atoms with Gasteiger partial charge in [-0.1, -0.05) is 38.0 Å². The van der Waals surface area contributed by atoms with Crippen LogP contribution >= 0.6 is 28.1 Å². The van der Waals surface area contributed by atoms with Gasteiger partial charge < -0.3 is 10.6 Å². The molecule has 0 heterocycles. The van der Waals surface area contributed by atoms with Gasteiger partial charge in [0, 0.05) is 28.8 Å². The highest BCUT2D eigenvalue weighted by Crippen LogP contribution is 2.33. The van der Waals surface area contributed by atoms with Crippen molar-refractivity contribution in [3.8, 4) is 0 Å². The molecule has 19 heavy (non-hydrogen) atoms. The molecular formula is C15H21BrN2S. The van der Waals surface area contributed by atoms with E-state index in [9.17, 15) is 0 Å². The topological polar surface area (TPSA) is 29.3 Å². The van der Waals surface area contributed by atoms with E-state index < -0.39 is 0 Å². The minimum absolute atomic E-state index is 0.457. The molecule has 2 atom stereocenters. The lowest BCUT2D eigenvalue weighted by Gasteiger charge is -2.36. The van der Waals surface area contributed by atoms with Crippen molar-refractivity contribution in [2.24, 2.45) is 11.7 Å². The van der Waals surface area contributed by atoms with Crippen LogP contribution in [0, 0.1) is 5.92 Å². The average Bonchev–Trinajstić information content (AvgIpc) is 2.37. The number of thiocarbonyl (C=S) groups is 1. The van der Waals surface area contributed by atoms with E-state index >= 15 is 0 Å². The molecule has 1 aromatic rings. The molecule has 0 radical (unpaired) electrons. The Bertz CT molecular complexity index is 475. The first-order chi connectivity index (χ1) is 9.00. The van der Waals surface area contributed by atoms with E-state index in [1.165, 1.54) is 25.7 Å². The van der Waals surface area contributed by atoms with E-state index in [1.807, 2.05) is 12.1 Å². The third kappa shape index (κ3) is 3.29. The Morgan fingerprint density at radius 2 is 2.16 bits per heavy atom. The summed E-state index contributed by atoms with van der Waals surface area (Å²) in [4.78, 5) is 2.81. The molecule has 1 fully saturated rings. The van der Waals surface area contributed by atoms with E-state index in [2.05, 4.69) is 40.9 Å². The number of benzene rings is 1. The molecule has 2 N–H and O–H groups in total. The van der Waals surface area contributed by atoms with Crippen LogP contribution in [-0.2, 0) is 0 Å². The van der Waals surface area contributed by atoms with Crippen molar-refractivity contribution in [2.75, 3.05) is 11.9 Å². The van der Waals surface area contributed by atoms with E-state index in [4.69, 9.17) is 18.0 Å². The molecule has 2 rings (SSSR count). The van der Waals surface area contributed by atoms with Crippen LogP contribution in [-0.4, -0.2) is 18.1 Å². The second-order valence-corrected chi connectivity index (χ2v) is 6.83. The first-order valence-corrected chi connectivity index (χ1v) is 8.02. The number of nitrogens with zero attached hydrogens (tertiary/aromatic N) is 1. The Labute approximate surface area is 129 Å². The van der Waals surface area contributed by atoms with Crippen LogP contribution < -0.4 is 10.6 Å². The minimum Gasteiger partial charge on any atom is -0.389 e. The standard InChI is InChI=1S/C15H21BrN2S/c1-10-5-3-6-11(9-10)18(2)13-8-4-7-12(16)14(13)15(17)19/h4,7-8,10-11H,3,5-6,9H2,1-2H3,(H2,17,19). The van der Waals surface area contributed by atoms with Crippen molar-refractivity contribution < 1.29 is 0 Å². The predicted molar refractivity (Wildman–Crippen MR) is 89.9 cm³/mol. The largest absolute Gasteiger partial charge is 0.389 e. The van der Waals surface area contributed by atoms with Crippen molar-refractivity contribution in [1.82, 2.24) is 0 Å². The summed E-state index contributed by atoms with van der Waals surface area (Å²) < 4.78 is 0.980. The summed E-state index contributed by atoms with van der Waals surface area (Å²) in [5.74, 6) is 0.807. The molecule has 104 valence electrons. The first-order valence-electron chi connectivity index (χ1n) is 6.82. The number of anilines is 1. The molecule has 0 amide bonds. The van der Waals surface area contributed by atoms with Crippen molar-refractivity contribution in [1.29, 1.82) is 0 Å². The Balaban J connectivity index is 2.30. The number of hydrogen-bond donors (Lipinski definition) is 1. The number of halogens is 1. The monoisotopic (exact) mass is 340 g/mol. The Kier molecular flexibility index (Phi) is 4.85. The fraction of sp³-hybridized carbons (Fsp3) is 0.533. The number of hydrogen-bond acceptors (Lipinski definition) is 2.